The van der Waals surface area contributed by atoms with Gasteiger partial charge in [0.1, 0.15) is 0 Å². The Kier molecular flexibility index (Phi) is 3.65. The van der Waals surface area contributed by atoms with Gasteiger partial charge in [-0.1, -0.05) is 6.07 Å². The first kappa shape index (κ1) is 15.5. The average Bonchev–Trinajstić information content (AvgIpc) is 3.00. The molecule has 1 heterocycles. The largest absolute Gasteiger partial charge is 0.361 e. The van der Waals surface area contributed by atoms with Crippen LogP contribution in [0.25, 0.3) is 10.9 Å². The van der Waals surface area contributed by atoms with Crippen molar-refractivity contribution < 1.29 is 4.79 Å². The molecule has 3 nitrogen and oxygen atoms in total. The van der Waals surface area contributed by atoms with E-state index in [1.54, 1.807) is 0 Å². The van der Waals surface area contributed by atoms with Gasteiger partial charge < -0.3 is 10.3 Å². The van der Waals surface area contributed by atoms with Crippen LogP contribution in [0.4, 0.5) is 0 Å². The van der Waals surface area contributed by atoms with Crippen LogP contribution in [0.3, 0.4) is 0 Å². The fraction of sp³-hybridized carbons (Fsp3) is 0.591. The van der Waals surface area contributed by atoms with Gasteiger partial charge in [-0.2, -0.15) is 0 Å². The summed E-state index contributed by atoms with van der Waals surface area (Å²) in [7, 11) is 0. The maximum absolute atomic E-state index is 12.6. The van der Waals surface area contributed by atoms with Gasteiger partial charge in [0.15, 0.2) is 0 Å². The molecule has 132 valence electrons. The molecule has 4 bridgehead atoms. The van der Waals surface area contributed by atoms with Crippen LogP contribution >= 0.6 is 0 Å². The van der Waals surface area contributed by atoms with Gasteiger partial charge in [-0.05, 0) is 97.3 Å². The number of benzene rings is 1. The second-order valence-electron chi connectivity index (χ2n) is 9.09. The van der Waals surface area contributed by atoms with Crippen molar-refractivity contribution in [2.45, 2.75) is 51.4 Å². The molecule has 1 amide bonds. The molecule has 1 aromatic carbocycles. The zero-order valence-electron chi connectivity index (χ0n) is 14.9. The Labute approximate surface area is 149 Å². The van der Waals surface area contributed by atoms with E-state index >= 15 is 0 Å². The molecule has 1 aromatic heterocycles. The van der Waals surface area contributed by atoms with Crippen LogP contribution in [-0.2, 0) is 11.2 Å². The molecule has 4 saturated carbocycles. The smallest absolute Gasteiger partial charge is 0.220 e. The summed E-state index contributed by atoms with van der Waals surface area (Å²) < 4.78 is 0. The summed E-state index contributed by atoms with van der Waals surface area (Å²) in [4.78, 5) is 15.8. The number of nitrogens with one attached hydrogen (secondary N) is 2. The highest BCUT2D eigenvalue weighted by Gasteiger charge is 2.51. The number of hydrogen-bond donors (Lipinski definition) is 2. The van der Waals surface area contributed by atoms with E-state index in [0.29, 0.717) is 5.41 Å². The van der Waals surface area contributed by atoms with Gasteiger partial charge in [0.05, 0.1) is 0 Å². The summed E-state index contributed by atoms with van der Waals surface area (Å²) in [6.45, 7) is 0.751. The van der Waals surface area contributed by atoms with E-state index in [1.807, 2.05) is 6.20 Å². The summed E-state index contributed by atoms with van der Waals surface area (Å²) >= 11 is 0. The van der Waals surface area contributed by atoms with E-state index in [9.17, 15) is 4.79 Å². The van der Waals surface area contributed by atoms with Gasteiger partial charge in [0, 0.05) is 24.7 Å². The first-order valence-corrected chi connectivity index (χ1v) is 10.0. The number of aromatic amines is 1. The van der Waals surface area contributed by atoms with E-state index in [4.69, 9.17) is 0 Å². The van der Waals surface area contributed by atoms with E-state index in [0.717, 1.165) is 37.1 Å². The molecule has 0 unspecified atom stereocenters. The predicted molar refractivity (Wildman–Crippen MR) is 100 cm³/mol. The highest BCUT2D eigenvalue weighted by atomic mass is 16.1. The molecule has 0 atom stereocenters. The fourth-order valence-electron chi connectivity index (χ4n) is 6.51. The van der Waals surface area contributed by atoms with Crippen molar-refractivity contribution >= 4 is 16.8 Å². The number of amides is 1. The minimum absolute atomic E-state index is 0.282. The highest BCUT2D eigenvalue weighted by Crippen LogP contribution is 2.61. The summed E-state index contributed by atoms with van der Waals surface area (Å²) in [6.07, 6.45) is 11.9. The van der Waals surface area contributed by atoms with Crippen molar-refractivity contribution in [1.29, 1.82) is 0 Å². The van der Waals surface area contributed by atoms with Crippen molar-refractivity contribution in [2.75, 3.05) is 6.54 Å². The van der Waals surface area contributed by atoms with Crippen molar-refractivity contribution in [3.8, 4) is 0 Å². The zero-order chi connectivity index (χ0) is 16.9. The predicted octanol–water partition coefficient (Wildman–Crippen LogP) is 4.43. The van der Waals surface area contributed by atoms with Crippen LogP contribution < -0.4 is 5.32 Å². The summed E-state index contributed by atoms with van der Waals surface area (Å²) in [5, 5.41) is 4.45. The first-order chi connectivity index (χ1) is 12.2. The Balaban J connectivity index is 1.16. The molecule has 0 spiro atoms. The van der Waals surface area contributed by atoms with Crippen molar-refractivity contribution in [3.05, 3.63) is 36.0 Å². The van der Waals surface area contributed by atoms with Gasteiger partial charge in [0.2, 0.25) is 5.91 Å². The second kappa shape index (κ2) is 5.89. The SMILES string of the molecule is O=C(CC12CC3CC(CC(C3)C1)C2)NCCc1ccc2[nH]ccc2c1. The Hall–Kier alpha value is -1.77. The van der Waals surface area contributed by atoms with Crippen LogP contribution in [0.1, 0.15) is 50.5 Å². The third-order valence-corrected chi connectivity index (χ3v) is 7.05. The lowest BCUT2D eigenvalue weighted by atomic mass is 9.49. The Bertz CT molecular complexity index is 755. The average molecular weight is 336 g/mol. The van der Waals surface area contributed by atoms with Crippen LogP contribution in [0, 0.1) is 23.2 Å². The van der Waals surface area contributed by atoms with E-state index in [1.165, 1.54) is 55.0 Å². The molecule has 3 heteroatoms. The van der Waals surface area contributed by atoms with Crippen molar-refractivity contribution in [3.63, 3.8) is 0 Å². The van der Waals surface area contributed by atoms with Crippen LogP contribution in [-0.4, -0.2) is 17.4 Å². The monoisotopic (exact) mass is 336 g/mol. The molecule has 0 radical (unpaired) electrons. The van der Waals surface area contributed by atoms with Gasteiger partial charge >= 0.3 is 0 Å². The fourth-order valence-corrected chi connectivity index (χ4v) is 6.51. The minimum atomic E-state index is 0.282. The maximum Gasteiger partial charge on any atom is 0.220 e. The molecule has 2 aromatic rings. The van der Waals surface area contributed by atoms with Crippen LogP contribution in [0.15, 0.2) is 30.5 Å². The quantitative estimate of drug-likeness (QED) is 0.833. The van der Waals surface area contributed by atoms with Gasteiger partial charge in [-0.25, -0.2) is 0 Å². The highest BCUT2D eigenvalue weighted by molar-refractivity contribution is 5.80. The Morgan fingerprint density at radius 2 is 1.80 bits per heavy atom. The van der Waals surface area contributed by atoms with Crippen molar-refractivity contribution in [2.24, 2.45) is 23.2 Å². The maximum atomic E-state index is 12.6. The molecular weight excluding hydrogens is 308 g/mol. The second-order valence-corrected chi connectivity index (χ2v) is 9.09. The lowest BCUT2D eigenvalue weighted by molar-refractivity contribution is -0.129. The number of carbonyl (C=O) groups excluding carboxylic acids is 1. The number of H-pyrrole nitrogens is 1. The molecular formula is C22H28N2O. The summed E-state index contributed by atoms with van der Waals surface area (Å²) in [6, 6.07) is 8.60. The molecule has 4 fully saturated rings. The van der Waals surface area contributed by atoms with E-state index < -0.39 is 0 Å². The number of carbonyl (C=O) groups is 1. The topological polar surface area (TPSA) is 44.9 Å². The lowest BCUT2D eigenvalue weighted by Gasteiger charge is -2.56. The Morgan fingerprint density at radius 3 is 2.52 bits per heavy atom. The van der Waals surface area contributed by atoms with Gasteiger partial charge in [0.25, 0.3) is 0 Å². The normalized spacial score (nSPS) is 33.0. The molecule has 2 N–H and O–H groups in total. The lowest BCUT2D eigenvalue weighted by Crippen LogP contribution is -2.48. The molecule has 0 saturated heterocycles. The molecule has 0 aliphatic heterocycles. The summed E-state index contributed by atoms with van der Waals surface area (Å²) in [5.74, 6) is 3.05. The molecule has 6 rings (SSSR count). The number of fused-ring (bicyclic) bond motifs is 1. The molecule has 4 aliphatic rings. The van der Waals surface area contributed by atoms with E-state index in [2.05, 4.69) is 34.6 Å². The van der Waals surface area contributed by atoms with Gasteiger partial charge in [-0.3, -0.25) is 4.79 Å². The van der Waals surface area contributed by atoms with Gasteiger partial charge in [-0.15, -0.1) is 0 Å². The standard InChI is InChI=1S/C22H28N2O/c25-21(14-22-11-16-7-17(12-22)9-18(8-16)13-22)24-5-3-15-1-2-20-19(10-15)4-6-23-20/h1-2,4,6,10,16-18,23H,3,5,7-9,11-14H2,(H,24,25). The zero-order valence-corrected chi connectivity index (χ0v) is 14.9. The number of hydrogen-bond acceptors (Lipinski definition) is 1. The van der Waals surface area contributed by atoms with Crippen molar-refractivity contribution in [1.82, 2.24) is 10.3 Å². The molecule has 25 heavy (non-hydrogen) atoms. The minimum Gasteiger partial charge on any atom is -0.361 e. The third-order valence-electron chi connectivity index (χ3n) is 7.05. The van der Waals surface area contributed by atoms with E-state index in [-0.39, 0.29) is 5.91 Å². The molecule has 4 aliphatic carbocycles. The van der Waals surface area contributed by atoms with Crippen LogP contribution in [0.5, 0.6) is 0 Å². The summed E-state index contributed by atoms with van der Waals surface area (Å²) in [5.41, 5.74) is 2.82. The number of rotatable bonds is 5. The van der Waals surface area contributed by atoms with Crippen LogP contribution in [0.2, 0.25) is 0 Å². The third kappa shape index (κ3) is 2.98. The number of aromatic nitrogens is 1. The Morgan fingerprint density at radius 1 is 1.08 bits per heavy atom. The first-order valence-electron chi connectivity index (χ1n) is 10.0.